The van der Waals surface area contributed by atoms with Crippen molar-refractivity contribution in [2.75, 3.05) is 17.6 Å². The van der Waals surface area contributed by atoms with Crippen molar-refractivity contribution in [3.05, 3.63) is 22.7 Å². The number of nitrogens with one attached hydrogen (secondary N) is 1. The molecule has 100 valence electrons. The Morgan fingerprint density at radius 1 is 1.28 bits per heavy atom. The fraction of sp³-hybridized carbons (Fsp3) is 0.600. The maximum absolute atomic E-state index is 6.06. The van der Waals surface area contributed by atoms with Crippen LogP contribution in [-0.4, -0.2) is 6.54 Å². The van der Waals surface area contributed by atoms with Crippen molar-refractivity contribution in [1.29, 1.82) is 0 Å². The van der Waals surface area contributed by atoms with Crippen LogP contribution in [-0.2, 0) is 0 Å². The van der Waals surface area contributed by atoms with Gasteiger partial charge in [-0.3, -0.25) is 0 Å². The predicted molar refractivity (Wildman–Crippen MR) is 80.2 cm³/mol. The minimum absolute atomic E-state index is 0.639. The second-order valence-corrected chi connectivity index (χ2v) is 6.10. The average molecular weight is 267 g/mol. The van der Waals surface area contributed by atoms with E-state index in [0.717, 1.165) is 24.1 Å². The van der Waals surface area contributed by atoms with Crippen molar-refractivity contribution in [2.24, 2.45) is 11.8 Å². The second kappa shape index (κ2) is 5.83. The molecule has 3 N–H and O–H groups in total. The van der Waals surface area contributed by atoms with Gasteiger partial charge in [-0.1, -0.05) is 31.4 Å². The number of nitrogens with two attached hydrogens (primary N) is 1. The molecule has 0 aliphatic heterocycles. The lowest BCUT2D eigenvalue weighted by Gasteiger charge is -2.27. The summed E-state index contributed by atoms with van der Waals surface area (Å²) in [7, 11) is 0. The van der Waals surface area contributed by atoms with E-state index < -0.39 is 0 Å². The second-order valence-electron chi connectivity index (χ2n) is 5.70. The van der Waals surface area contributed by atoms with Crippen molar-refractivity contribution in [3.8, 4) is 0 Å². The number of nitrogen functional groups attached to an aromatic ring is 1. The van der Waals surface area contributed by atoms with Gasteiger partial charge in [0.2, 0.25) is 0 Å². The highest BCUT2D eigenvalue weighted by atomic mass is 35.5. The van der Waals surface area contributed by atoms with Gasteiger partial charge in [0.25, 0.3) is 0 Å². The van der Waals surface area contributed by atoms with Gasteiger partial charge in [-0.05, 0) is 49.3 Å². The molecule has 1 aromatic carbocycles. The first-order chi connectivity index (χ1) is 8.56. The van der Waals surface area contributed by atoms with Gasteiger partial charge in [-0.25, -0.2) is 0 Å². The van der Waals surface area contributed by atoms with E-state index >= 15 is 0 Å². The number of hydrogen-bond acceptors (Lipinski definition) is 2. The summed E-state index contributed by atoms with van der Waals surface area (Å²) in [5.41, 5.74) is 8.73. The highest BCUT2D eigenvalue weighted by Crippen LogP contribution is 2.30. The van der Waals surface area contributed by atoms with Crippen LogP contribution >= 0.6 is 11.6 Å². The lowest BCUT2D eigenvalue weighted by molar-refractivity contribution is 0.300. The molecular weight excluding hydrogens is 244 g/mol. The Kier molecular flexibility index (Phi) is 4.39. The summed E-state index contributed by atoms with van der Waals surface area (Å²) in [5.74, 6) is 1.71. The Balaban J connectivity index is 1.92. The molecule has 18 heavy (non-hydrogen) atoms. The van der Waals surface area contributed by atoms with Crippen molar-refractivity contribution in [2.45, 2.75) is 39.5 Å². The zero-order valence-corrected chi connectivity index (χ0v) is 12.1. The number of aryl methyl sites for hydroxylation is 1. The Bertz CT molecular complexity index is 409. The number of benzene rings is 1. The molecule has 0 spiro atoms. The van der Waals surface area contributed by atoms with Crippen LogP contribution in [0.25, 0.3) is 0 Å². The van der Waals surface area contributed by atoms with E-state index in [0.29, 0.717) is 10.7 Å². The topological polar surface area (TPSA) is 38.0 Å². The quantitative estimate of drug-likeness (QED) is 0.792. The first-order valence-corrected chi connectivity index (χ1v) is 7.23. The summed E-state index contributed by atoms with van der Waals surface area (Å²) in [5, 5.41) is 4.16. The third kappa shape index (κ3) is 3.32. The van der Waals surface area contributed by atoms with Crippen LogP contribution < -0.4 is 11.1 Å². The van der Waals surface area contributed by atoms with Gasteiger partial charge in [-0.15, -0.1) is 0 Å². The molecule has 1 aliphatic carbocycles. The van der Waals surface area contributed by atoms with E-state index in [1.54, 1.807) is 0 Å². The van der Waals surface area contributed by atoms with E-state index in [1.807, 2.05) is 12.1 Å². The molecule has 1 fully saturated rings. The van der Waals surface area contributed by atoms with Crippen LogP contribution in [0.2, 0.25) is 5.02 Å². The summed E-state index contributed by atoms with van der Waals surface area (Å²) in [6.45, 7) is 5.47. The summed E-state index contributed by atoms with van der Waals surface area (Å²) < 4.78 is 0. The molecule has 0 saturated heterocycles. The molecule has 3 heteroatoms. The fourth-order valence-corrected chi connectivity index (χ4v) is 2.85. The molecule has 1 aromatic rings. The third-order valence-corrected chi connectivity index (χ3v) is 4.39. The van der Waals surface area contributed by atoms with Crippen molar-refractivity contribution >= 4 is 23.0 Å². The Hall–Kier alpha value is -0.890. The molecular formula is C15H23ClN2. The van der Waals surface area contributed by atoms with E-state index in [1.165, 1.54) is 31.2 Å². The lowest BCUT2D eigenvalue weighted by Crippen LogP contribution is -2.20. The van der Waals surface area contributed by atoms with Crippen molar-refractivity contribution in [3.63, 3.8) is 0 Å². The van der Waals surface area contributed by atoms with Gasteiger partial charge >= 0.3 is 0 Å². The minimum atomic E-state index is 0.639. The van der Waals surface area contributed by atoms with Crippen LogP contribution in [0.1, 0.15) is 38.2 Å². The molecule has 0 bridgehead atoms. The number of rotatable bonds is 3. The molecule has 2 nitrogen and oxygen atoms in total. The molecule has 0 heterocycles. The van der Waals surface area contributed by atoms with E-state index in [4.69, 9.17) is 17.3 Å². The highest BCUT2D eigenvalue weighted by molar-refractivity contribution is 6.33. The van der Waals surface area contributed by atoms with Crippen LogP contribution in [0, 0.1) is 18.8 Å². The first kappa shape index (κ1) is 13.5. The van der Waals surface area contributed by atoms with Crippen LogP contribution in [0.4, 0.5) is 11.4 Å². The largest absolute Gasteiger partial charge is 0.398 e. The van der Waals surface area contributed by atoms with Crippen LogP contribution in [0.5, 0.6) is 0 Å². The predicted octanol–water partition coefficient (Wildman–Crippen LogP) is 4.47. The zero-order chi connectivity index (χ0) is 13.1. The molecule has 0 aromatic heterocycles. The normalized spacial score (nSPS) is 23.9. The molecule has 1 saturated carbocycles. The fourth-order valence-electron chi connectivity index (χ4n) is 2.68. The average Bonchev–Trinajstić information content (AvgIpc) is 2.34. The van der Waals surface area contributed by atoms with Crippen LogP contribution in [0.15, 0.2) is 12.1 Å². The van der Waals surface area contributed by atoms with Gasteiger partial charge in [0, 0.05) is 12.2 Å². The molecule has 2 rings (SSSR count). The Morgan fingerprint density at radius 3 is 2.61 bits per heavy atom. The maximum Gasteiger partial charge on any atom is 0.0656 e. The van der Waals surface area contributed by atoms with Crippen molar-refractivity contribution in [1.82, 2.24) is 0 Å². The smallest absolute Gasteiger partial charge is 0.0656 e. The lowest BCUT2D eigenvalue weighted by atomic mass is 9.83. The SMILES string of the molecule is Cc1cc(N)c(Cl)cc1NCC1CCC(C)CC1. The van der Waals surface area contributed by atoms with Gasteiger partial charge in [-0.2, -0.15) is 0 Å². The zero-order valence-electron chi connectivity index (χ0n) is 11.3. The van der Waals surface area contributed by atoms with Crippen molar-refractivity contribution < 1.29 is 0 Å². The van der Waals surface area contributed by atoms with E-state index in [2.05, 4.69) is 19.2 Å². The molecule has 0 radical (unpaired) electrons. The van der Waals surface area contributed by atoms with Gasteiger partial charge in [0.1, 0.15) is 0 Å². The Labute approximate surface area is 115 Å². The number of halogens is 1. The van der Waals surface area contributed by atoms with Crippen LogP contribution in [0.3, 0.4) is 0 Å². The summed E-state index contributed by atoms with van der Waals surface area (Å²) in [6, 6.07) is 3.88. The molecule has 0 amide bonds. The Morgan fingerprint density at radius 2 is 1.94 bits per heavy atom. The molecule has 0 atom stereocenters. The van der Waals surface area contributed by atoms with Gasteiger partial charge < -0.3 is 11.1 Å². The number of hydrogen-bond donors (Lipinski definition) is 2. The standard InChI is InChI=1S/C15H23ClN2/c1-10-3-5-12(6-4-10)9-18-15-8-13(16)14(17)7-11(15)2/h7-8,10,12,18H,3-6,9,17H2,1-2H3. The minimum Gasteiger partial charge on any atom is -0.398 e. The summed E-state index contributed by atoms with van der Waals surface area (Å²) in [4.78, 5) is 0. The van der Waals surface area contributed by atoms with E-state index in [-0.39, 0.29) is 0 Å². The highest BCUT2D eigenvalue weighted by Gasteiger charge is 2.18. The van der Waals surface area contributed by atoms with Gasteiger partial charge in [0.15, 0.2) is 0 Å². The number of anilines is 2. The third-order valence-electron chi connectivity index (χ3n) is 4.06. The van der Waals surface area contributed by atoms with Gasteiger partial charge in [0.05, 0.1) is 10.7 Å². The van der Waals surface area contributed by atoms with E-state index in [9.17, 15) is 0 Å². The summed E-state index contributed by atoms with van der Waals surface area (Å²) in [6.07, 6.45) is 5.42. The first-order valence-electron chi connectivity index (χ1n) is 6.85. The monoisotopic (exact) mass is 266 g/mol. The molecule has 1 aliphatic rings. The summed E-state index contributed by atoms with van der Waals surface area (Å²) >= 11 is 6.06. The maximum atomic E-state index is 6.06. The molecule has 0 unspecified atom stereocenters.